The fourth-order valence-electron chi connectivity index (χ4n) is 2.49. The molecule has 0 aliphatic carbocycles. The van der Waals surface area contributed by atoms with Crippen LogP contribution in [0.15, 0.2) is 18.2 Å². The number of likely N-dealkylation sites (N-methyl/N-ethyl adjacent to an activating group) is 1. The second kappa shape index (κ2) is 5.93. The minimum Gasteiger partial charge on any atom is -0.504 e. The summed E-state index contributed by atoms with van der Waals surface area (Å²) in [6.45, 7) is 4.39. The second-order valence-electron chi connectivity index (χ2n) is 4.79. The van der Waals surface area contributed by atoms with Gasteiger partial charge in [0.1, 0.15) is 0 Å². The van der Waals surface area contributed by atoms with Gasteiger partial charge in [0.15, 0.2) is 11.5 Å². The smallest absolute Gasteiger partial charge is 0.254 e. The van der Waals surface area contributed by atoms with E-state index in [1.807, 2.05) is 11.8 Å². The van der Waals surface area contributed by atoms with Crippen LogP contribution in [0.25, 0.3) is 0 Å². The van der Waals surface area contributed by atoms with Crippen molar-refractivity contribution in [2.75, 3.05) is 19.6 Å². The molecule has 19 heavy (non-hydrogen) atoms. The fraction of sp³-hybridized carbons (Fsp3) is 0.500. The normalized spacial score (nSPS) is 19.1. The highest BCUT2D eigenvalue weighted by atomic mass is 16.3. The molecule has 0 aromatic heterocycles. The zero-order valence-corrected chi connectivity index (χ0v) is 11.1. The maximum Gasteiger partial charge on any atom is 0.254 e. The number of piperidine rings is 1. The van der Waals surface area contributed by atoms with Crippen molar-refractivity contribution in [2.45, 2.75) is 25.8 Å². The van der Waals surface area contributed by atoms with E-state index in [1.54, 1.807) is 0 Å². The predicted molar refractivity (Wildman–Crippen MR) is 72.4 cm³/mol. The van der Waals surface area contributed by atoms with Gasteiger partial charge < -0.3 is 20.4 Å². The summed E-state index contributed by atoms with van der Waals surface area (Å²) in [6.07, 6.45) is 2.06. The van der Waals surface area contributed by atoms with Gasteiger partial charge in [0, 0.05) is 24.7 Å². The van der Waals surface area contributed by atoms with Gasteiger partial charge in [0.25, 0.3) is 5.91 Å². The maximum absolute atomic E-state index is 12.4. The van der Waals surface area contributed by atoms with Crippen molar-refractivity contribution in [3.63, 3.8) is 0 Å². The summed E-state index contributed by atoms with van der Waals surface area (Å²) in [5.41, 5.74) is 0.405. The number of nitrogens with one attached hydrogen (secondary N) is 1. The minimum atomic E-state index is -0.260. The number of nitrogens with zero attached hydrogens (tertiary/aromatic N) is 1. The van der Waals surface area contributed by atoms with Crippen LogP contribution < -0.4 is 5.32 Å². The first-order valence-corrected chi connectivity index (χ1v) is 6.67. The first-order valence-electron chi connectivity index (χ1n) is 6.67. The molecule has 2 rings (SSSR count). The molecule has 1 aliphatic rings. The lowest BCUT2D eigenvalue weighted by Crippen LogP contribution is -2.48. The van der Waals surface area contributed by atoms with E-state index in [9.17, 15) is 15.0 Å². The molecule has 1 aliphatic heterocycles. The average molecular weight is 264 g/mol. The summed E-state index contributed by atoms with van der Waals surface area (Å²) >= 11 is 0. The molecule has 5 nitrogen and oxygen atoms in total. The number of carbonyl (C=O) groups excluding carboxylic acids is 1. The summed E-state index contributed by atoms with van der Waals surface area (Å²) in [5, 5.41) is 22.1. The van der Waals surface area contributed by atoms with Gasteiger partial charge in [-0.1, -0.05) is 0 Å². The van der Waals surface area contributed by atoms with E-state index in [0.29, 0.717) is 12.1 Å². The summed E-state index contributed by atoms with van der Waals surface area (Å²) in [6, 6.07) is 4.39. The Balaban J connectivity index is 2.17. The molecule has 0 bridgehead atoms. The van der Waals surface area contributed by atoms with E-state index in [0.717, 1.165) is 25.9 Å². The molecule has 1 aromatic carbocycles. The summed E-state index contributed by atoms with van der Waals surface area (Å²) in [4.78, 5) is 14.3. The first-order chi connectivity index (χ1) is 9.13. The summed E-state index contributed by atoms with van der Waals surface area (Å²) in [5.74, 6) is -0.575. The predicted octanol–water partition coefficient (Wildman–Crippen LogP) is 1.31. The van der Waals surface area contributed by atoms with Gasteiger partial charge >= 0.3 is 0 Å². The summed E-state index contributed by atoms with van der Waals surface area (Å²) in [7, 11) is 0. The molecular formula is C14H20N2O3. The number of phenolic OH excluding ortho intramolecular Hbond substituents is 2. The first kappa shape index (κ1) is 13.7. The maximum atomic E-state index is 12.4. The van der Waals surface area contributed by atoms with Crippen LogP contribution in [0.5, 0.6) is 11.5 Å². The Labute approximate surface area is 112 Å². The third-order valence-electron chi connectivity index (χ3n) is 3.54. The van der Waals surface area contributed by atoms with Crippen molar-refractivity contribution >= 4 is 5.91 Å². The van der Waals surface area contributed by atoms with Crippen LogP contribution in [0.3, 0.4) is 0 Å². The van der Waals surface area contributed by atoms with Crippen LogP contribution in [-0.4, -0.2) is 46.7 Å². The van der Waals surface area contributed by atoms with E-state index in [1.165, 1.54) is 18.2 Å². The Kier molecular flexibility index (Phi) is 4.27. The Morgan fingerprint density at radius 3 is 2.79 bits per heavy atom. The molecular weight excluding hydrogens is 244 g/mol. The lowest BCUT2D eigenvalue weighted by Gasteiger charge is -2.34. The van der Waals surface area contributed by atoms with Gasteiger partial charge in [0.2, 0.25) is 0 Å². The van der Waals surface area contributed by atoms with Crippen LogP contribution in [0.1, 0.15) is 30.1 Å². The molecule has 1 unspecified atom stereocenters. The molecule has 0 saturated carbocycles. The lowest BCUT2D eigenvalue weighted by molar-refractivity contribution is 0.0661. The highest BCUT2D eigenvalue weighted by Crippen LogP contribution is 2.26. The number of hydrogen-bond acceptors (Lipinski definition) is 4. The van der Waals surface area contributed by atoms with E-state index < -0.39 is 0 Å². The van der Waals surface area contributed by atoms with Gasteiger partial charge in [-0.15, -0.1) is 0 Å². The minimum absolute atomic E-state index is 0.105. The average Bonchev–Trinajstić information content (AvgIpc) is 2.44. The Hall–Kier alpha value is -1.75. The standard InChI is InChI=1S/C14H20N2O3/c1-2-16(11-4-3-7-15-9-11)14(19)10-5-6-12(17)13(18)8-10/h5-6,8,11,15,17-18H,2-4,7,9H2,1H3. The molecule has 1 aromatic rings. The van der Waals surface area contributed by atoms with Crippen LogP contribution in [0.4, 0.5) is 0 Å². The van der Waals surface area contributed by atoms with Gasteiger partial charge in [-0.05, 0) is 44.5 Å². The topological polar surface area (TPSA) is 72.8 Å². The molecule has 5 heteroatoms. The Morgan fingerprint density at radius 1 is 1.42 bits per heavy atom. The summed E-state index contributed by atoms with van der Waals surface area (Å²) < 4.78 is 0. The third kappa shape index (κ3) is 2.98. The number of aromatic hydroxyl groups is 2. The highest BCUT2D eigenvalue weighted by molar-refractivity contribution is 5.95. The number of rotatable bonds is 3. The van der Waals surface area contributed by atoms with Crippen LogP contribution in [0, 0.1) is 0 Å². The van der Waals surface area contributed by atoms with Crippen molar-refractivity contribution in [3.8, 4) is 11.5 Å². The van der Waals surface area contributed by atoms with Crippen molar-refractivity contribution in [3.05, 3.63) is 23.8 Å². The second-order valence-corrected chi connectivity index (χ2v) is 4.79. The number of carbonyl (C=O) groups is 1. The SMILES string of the molecule is CCN(C(=O)c1ccc(O)c(O)c1)C1CCCNC1. The molecule has 104 valence electrons. The van der Waals surface area contributed by atoms with Gasteiger partial charge in [-0.25, -0.2) is 0 Å². The number of hydrogen-bond donors (Lipinski definition) is 3. The van der Waals surface area contributed by atoms with Crippen molar-refractivity contribution in [1.29, 1.82) is 0 Å². The van der Waals surface area contributed by atoms with Gasteiger partial charge in [0.05, 0.1) is 0 Å². The quantitative estimate of drug-likeness (QED) is 0.720. The molecule has 3 N–H and O–H groups in total. The Bertz CT molecular complexity index is 456. The van der Waals surface area contributed by atoms with Crippen molar-refractivity contribution in [2.24, 2.45) is 0 Å². The van der Waals surface area contributed by atoms with Crippen molar-refractivity contribution < 1.29 is 15.0 Å². The zero-order valence-electron chi connectivity index (χ0n) is 11.1. The number of phenols is 2. The fourth-order valence-corrected chi connectivity index (χ4v) is 2.49. The molecule has 1 saturated heterocycles. The van der Waals surface area contributed by atoms with Crippen molar-refractivity contribution in [1.82, 2.24) is 10.2 Å². The molecule has 0 radical (unpaired) electrons. The molecule has 1 amide bonds. The Morgan fingerprint density at radius 2 is 2.21 bits per heavy atom. The van der Waals surface area contributed by atoms with Gasteiger partial charge in [-0.2, -0.15) is 0 Å². The molecule has 1 heterocycles. The molecule has 1 atom stereocenters. The van der Waals surface area contributed by atoms with Crippen LogP contribution in [-0.2, 0) is 0 Å². The van der Waals surface area contributed by atoms with Crippen LogP contribution in [0.2, 0.25) is 0 Å². The lowest BCUT2D eigenvalue weighted by atomic mass is 10.0. The van der Waals surface area contributed by atoms with Crippen LogP contribution >= 0.6 is 0 Å². The van der Waals surface area contributed by atoms with E-state index in [4.69, 9.17) is 0 Å². The number of benzene rings is 1. The largest absolute Gasteiger partial charge is 0.504 e. The highest BCUT2D eigenvalue weighted by Gasteiger charge is 2.25. The zero-order chi connectivity index (χ0) is 13.8. The van der Waals surface area contributed by atoms with E-state index in [-0.39, 0.29) is 23.4 Å². The van der Waals surface area contributed by atoms with E-state index in [2.05, 4.69) is 5.32 Å². The number of amides is 1. The monoisotopic (exact) mass is 264 g/mol. The third-order valence-corrected chi connectivity index (χ3v) is 3.54. The molecule has 0 spiro atoms. The van der Waals surface area contributed by atoms with E-state index >= 15 is 0 Å². The molecule has 1 fully saturated rings. The van der Waals surface area contributed by atoms with Gasteiger partial charge in [-0.3, -0.25) is 4.79 Å².